The van der Waals surface area contributed by atoms with Gasteiger partial charge >= 0.3 is 0 Å². The van der Waals surface area contributed by atoms with E-state index in [1.54, 1.807) is 0 Å². The lowest BCUT2D eigenvalue weighted by atomic mass is 9.87. The predicted octanol–water partition coefficient (Wildman–Crippen LogP) is 1.04. The number of hydrogen-bond acceptors (Lipinski definition) is 3. The highest BCUT2D eigenvalue weighted by molar-refractivity contribution is 4.75. The SMILES string of the molecule is CC(C)NN[C@H]1CC[C@H](CO)CC1. The Morgan fingerprint density at radius 3 is 2.31 bits per heavy atom. The summed E-state index contributed by atoms with van der Waals surface area (Å²) in [6.07, 6.45) is 4.69. The lowest BCUT2D eigenvalue weighted by molar-refractivity contribution is 0.169. The molecule has 78 valence electrons. The standard InChI is InChI=1S/C10H22N2O/c1-8(2)11-12-10-5-3-9(7-13)4-6-10/h8-13H,3-7H2,1-2H3/t9-,10-. The van der Waals surface area contributed by atoms with Gasteiger partial charge in [0, 0.05) is 18.7 Å². The van der Waals surface area contributed by atoms with Gasteiger partial charge in [-0.1, -0.05) is 0 Å². The molecule has 1 aliphatic carbocycles. The Labute approximate surface area is 80.9 Å². The molecular formula is C10H22N2O. The van der Waals surface area contributed by atoms with Crippen LogP contribution in [0, 0.1) is 5.92 Å². The van der Waals surface area contributed by atoms with Gasteiger partial charge in [0.15, 0.2) is 0 Å². The highest BCUT2D eigenvalue weighted by Gasteiger charge is 2.19. The van der Waals surface area contributed by atoms with Crippen molar-refractivity contribution >= 4 is 0 Å². The summed E-state index contributed by atoms with van der Waals surface area (Å²) in [6, 6.07) is 1.10. The Morgan fingerprint density at radius 1 is 1.23 bits per heavy atom. The summed E-state index contributed by atoms with van der Waals surface area (Å²) < 4.78 is 0. The maximum absolute atomic E-state index is 8.96. The minimum atomic E-state index is 0.365. The van der Waals surface area contributed by atoms with Crippen molar-refractivity contribution < 1.29 is 5.11 Å². The van der Waals surface area contributed by atoms with E-state index in [-0.39, 0.29) is 0 Å². The van der Waals surface area contributed by atoms with Crippen LogP contribution in [0.2, 0.25) is 0 Å². The zero-order valence-electron chi connectivity index (χ0n) is 8.71. The summed E-state index contributed by atoms with van der Waals surface area (Å²) in [5.74, 6) is 0.553. The molecule has 1 aliphatic rings. The van der Waals surface area contributed by atoms with Gasteiger partial charge in [-0.25, -0.2) is 0 Å². The molecule has 0 aromatic carbocycles. The first-order valence-electron chi connectivity index (χ1n) is 5.34. The van der Waals surface area contributed by atoms with Crippen LogP contribution in [0.15, 0.2) is 0 Å². The molecule has 0 spiro atoms. The number of rotatable bonds is 4. The number of aliphatic hydroxyl groups excluding tert-OH is 1. The maximum atomic E-state index is 8.96. The Balaban J connectivity index is 2.10. The third-order valence-corrected chi connectivity index (χ3v) is 2.68. The van der Waals surface area contributed by atoms with E-state index in [1.165, 1.54) is 12.8 Å². The van der Waals surface area contributed by atoms with E-state index in [9.17, 15) is 0 Å². The van der Waals surface area contributed by atoms with Gasteiger partial charge in [-0.05, 0) is 45.4 Å². The zero-order valence-corrected chi connectivity index (χ0v) is 8.71. The zero-order chi connectivity index (χ0) is 9.68. The van der Waals surface area contributed by atoms with Crippen LogP contribution in [0.1, 0.15) is 39.5 Å². The Kier molecular flexibility index (Phi) is 4.70. The molecule has 1 rings (SSSR count). The Bertz CT molecular complexity index is 131. The summed E-state index contributed by atoms with van der Waals surface area (Å²) in [5, 5.41) is 8.96. The van der Waals surface area contributed by atoms with Gasteiger partial charge in [-0.3, -0.25) is 10.9 Å². The third kappa shape index (κ3) is 4.07. The smallest absolute Gasteiger partial charge is 0.0459 e. The number of nitrogens with one attached hydrogen (secondary N) is 2. The highest BCUT2D eigenvalue weighted by Crippen LogP contribution is 2.23. The molecule has 0 atom stereocenters. The van der Waals surface area contributed by atoms with Crippen LogP contribution < -0.4 is 10.9 Å². The topological polar surface area (TPSA) is 44.3 Å². The maximum Gasteiger partial charge on any atom is 0.0459 e. The molecule has 3 N–H and O–H groups in total. The summed E-state index contributed by atoms with van der Waals surface area (Å²) in [5.41, 5.74) is 6.57. The molecular weight excluding hydrogens is 164 g/mol. The molecule has 0 aromatic rings. The first-order valence-corrected chi connectivity index (χ1v) is 5.34. The van der Waals surface area contributed by atoms with Crippen LogP contribution in [0.5, 0.6) is 0 Å². The minimum absolute atomic E-state index is 0.365. The van der Waals surface area contributed by atoms with Gasteiger partial charge in [0.05, 0.1) is 0 Å². The first kappa shape index (κ1) is 11.0. The van der Waals surface area contributed by atoms with Crippen molar-refractivity contribution in [2.24, 2.45) is 5.92 Å². The fraction of sp³-hybridized carbons (Fsp3) is 1.00. The molecule has 0 unspecified atom stereocenters. The second kappa shape index (κ2) is 5.58. The molecule has 0 bridgehead atoms. The lowest BCUT2D eigenvalue weighted by Crippen LogP contribution is -2.46. The highest BCUT2D eigenvalue weighted by atomic mass is 16.3. The molecule has 3 nitrogen and oxygen atoms in total. The van der Waals surface area contributed by atoms with E-state index in [2.05, 4.69) is 24.7 Å². The summed E-state index contributed by atoms with van der Waals surface area (Å²) >= 11 is 0. The molecule has 0 aromatic heterocycles. The summed E-state index contributed by atoms with van der Waals surface area (Å²) in [7, 11) is 0. The fourth-order valence-electron chi connectivity index (χ4n) is 1.77. The largest absolute Gasteiger partial charge is 0.396 e. The van der Waals surface area contributed by atoms with Crippen LogP contribution in [-0.4, -0.2) is 23.8 Å². The third-order valence-electron chi connectivity index (χ3n) is 2.68. The average molecular weight is 186 g/mol. The fourth-order valence-corrected chi connectivity index (χ4v) is 1.77. The molecule has 13 heavy (non-hydrogen) atoms. The second-order valence-electron chi connectivity index (χ2n) is 4.34. The summed E-state index contributed by atoms with van der Waals surface area (Å²) in [6.45, 7) is 4.63. The predicted molar refractivity (Wildman–Crippen MR) is 54.2 cm³/mol. The van der Waals surface area contributed by atoms with Crippen molar-refractivity contribution in [1.29, 1.82) is 0 Å². The molecule has 1 fully saturated rings. The molecule has 0 aliphatic heterocycles. The van der Waals surface area contributed by atoms with Crippen LogP contribution >= 0.6 is 0 Å². The van der Waals surface area contributed by atoms with Crippen LogP contribution in [-0.2, 0) is 0 Å². The van der Waals surface area contributed by atoms with E-state index >= 15 is 0 Å². The quantitative estimate of drug-likeness (QED) is 0.575. The van der Waals surface area contributed by atoms with Crippen molar-refractivity contribution in [2.45, 2.75) is 51.6 Å². The van der Waals surface area contributed by atoms with Gasteiger partial charge in [0.2, 0.25) is 0 Å². The molecule has 0 saturated heterocycles. The second-order valence-corrected chi connectivity index (χ2v) is 4.34. The number of hydrogen-bond donors (Lipinski definition) is 3. The number of aliphatic hydroxyl groups is 1. The average Bonchev–Trinajstić information content (AvgIpc) is 2.15. The minimum Gasteiger partial charge on any atom is -0.396 e. The Morgan fingerprint density at radius 2 is 1.85 bits per heavy atom. The van der Waals surface area contributed by atoms with E-state index in [1.807, 2.05) is 0 Å². The van der Waals surface area contributed by atoms with Gasteiger partial charge in [-0.15, -0.1) is 0 Å². The molecule has 0 amide bonds. The van der Waals surface area contributed by atoms with E-state index in [4.69, 9.17) is 5.11 Å². The van der Waals surface area contributed by atoms with Crippen molar-refractivity contribution in [1.82, 2.24) is 10.9 Å². The number of hydrazine groups is 1. The normalized spacial score (nSPS) is 29.5. The van der Waals surface area contributed by atoms with Crippen LogP contribution in [0.25, 0.3) is 0 Å². The van der Waals surface area contributed by atoms with E-state index < -0.39 is 0 Å². The monoisotopic (exact) mass is 186 g/mol. The van der Waals surface area contributed by atoms with Crippen molar-refractivity contribution in [3.8, 4) is 0 Å². The van der Waals surface area contributed by atoms with Crippen molar-refractivity contribution in [3.05, 3.63) is 0 Å². The summed E-state index contributed by atoms with van der Waals surface area (Å²) in [4.78, 5) is 0. The molecule has 3 heteroatoms. The van der Waals surface area contributed by atoms with Gasteiger partial charge in [0.1, 0.15) is 0 Å². The molecule has 1 saturated carbocycles. The first-order chi connectivity index (χ1) is 6.22. The molecule has 0 radical (unpaired) electrons. The van der Waals surface area contributed by atoms with Gasteiger partial charge in [0.25, 0.3) is 0 Å². The van der Waals surface area contributed by atoms with Gasteiger partial charge in [-0.2, -0.15) is 0 Å². The van der Waals surface area contributed by atoms with Gasteiger partial charge < -0.3 is 5.11 Å². The van der Waals surface area contributed by atoms with Crippen molar-refractivity contribution in [3.63, 3.8) is 0 Å². The van der Waals surface area contributed by atoms with Crippen LogP contribution in [0.4, 0.5) is 0 Å². The van der Waals surface area contributed by atoms with Crippen LogP contribution in [0.3, 0.4) is 0 Å². The lowest BCUT2D eigenvalue weighted by Gasteiger charge is -2.28. The van der Waals surface area contributed by atoms with E-state index in [0.29, 0.717) is 24.6 Å². The van der Waals surface area contributed by atoms with E-state index in [0.717, 1.165) is 12.8 Å². The van der Waals surface area contributed by atoms with Crippen molar-refractivity contribution in [2.75, 3.05) is 6.61 Å². The molecule has 0 heterocycles. The Hall–Kier alpha value is -0.120.